The molecule has 1 spiro atoms. The summed E-state index contributed by atoms with van der Waals surface area (Å²) in [5.74, 6) is 0.881. The molecule has 0 saturated carbocycles. The lowest BCUT2D eigenvalue weighted by molar-refractivity contribution is 0.000159. The molecule has 3 saturated heterocycles. The highest BCUT2D eigenvalue weighted by molar-refractivity contribution is 7.10. The molecule has 1 unspecified atom stereocenters. The lowest BCUT2D eigenvalue weighted by Crippen LogP contribution is -2.65. The topological polar surface area (TPSA) is 15.3 Å². The lowest BCUT2D eigenvalue weighted by atomic mass is 9.68. The van der Waals surface area contributed by atoms with Gasteiger partial charge < -0.3 is 10.2 Å². The van der Waals surface area contributed by atoms with Gasteiger partial charge in [-0.15, -0.1) is 11.3 Å². The van der Waals surface area contributed by atoms with Crippen molar-refractivity contribution in [1.29, 1.82) is 0 Å². The van der Waals surface area contributed by atoms with Gasteiger partial charge in [0.1, 0.15) is 0 Å². The summed E-state index contributed by atoms with van der Waals surface area (Å²) < 4.78 is 0. The van der Waals surface area contributed by atoms with Crippen LogP contribution in [0.5, 0.6) is 0 Å². The molecule has 5 rings (SSSR count). The van der Waals surface area contributed by atoms with Crippen molar-refractivity contribution in [1.82, 2.24) is 10.2 Å². The summed E-state index contributed by atoms with van der Waals surface area (Å²) in [6.45, 7) is 5.08. The average Bonchev–Trinajstić information content (AvgIpc) is 2.80. The first-order chi connectivity index (χ1) is 7.88. The molecule has 2 bridgehead atoms. The molecule has 0 radical (unpaired) electrons. The number of rotatable bonds is 0. The van der Waals surface area contributed by atoms with Gasteiger partial charge in [-0.2, -0.15) is 0 Å². The zero-order valence-electron chi connectivity index (χ0n) is 9.54. The number of nitrogens with zero attached hydrogens (tertiary/aromatic N) is 1. The van der Waals surface area contributed by atoms with E-state index in [0.29, 0.717) is 5.54 Å². The summed E-state index contributed by atoms with van der Waals surface area (Å²) in [6, 6.07) is 2.38. The Balaban J connectivity index is 1.83. The Morgan fingerprint density at radius 1 is 1.38 bits per heavy atom. The number of piperidine rings is 3. The van der Waals surface area contributed by atoms with Gasteiger partial charge in [0.15, 0.2) is 0 Å². The second kappa shape index (κ2) is 3.31. The van der Waals surface area contributed by atoms with Crippen molar-refractivity contribution in [3.05, 3.63) is 21.9 Å². The van der Waals surface area contributed by atoms with Crippen LogP contribution < -0.4 is 5.32 Å². The largest absolute Gasteiger partial charge is 0.306 e. The SMILES string of the molecule is c1cc2c(s1)CCNC21CN2CCC1CC2. The van der Waals surface area contributed by atoms with Gasteiger partial charge in [-0.05, 0) is 55.3 Å². The molecule has 1 aromatic rings. The van der Waals surface area contributed by atoms with Crippen molar-refractivity contribution in [3.63, 3.8) is 0 Å². The predicted molar refractivity (Wildman–Crippen MR) is 66.9 cm³/mol. The van der Waals surface area contributed by atoms with Crippen LogP contribution in [0.3, 0.4) is 0 Å². The van der Waals surface area contributed by atoms with E-state index in [2.05, 4.69) is 21.7 Å². The van der Waals surface area contributed by atoms with E-state index < -0.39 is 0 Å². The van der Waals surface area contributed by atoms with E-state index in [4.69, 9.17) is 0 Å². The Morgan fingerprint density at radius 3 is 3.00 bits per heavy atom. The highest BCUT2D eigenvalue weighted by Gasteiger charge is 2.49. The molecular weight excluding hydrogens is 216 g/mol. The first-order valence-corrected chi connectivity index (χ1v) is 7.31. The van der Waals surface area contributed by atoms with Crippen molar-refractivity contribution in [2.45, 2.75) is 24.8 Å². The molecule has 1 N–H and O–H groups in total. The van der Waals surface area contributed by atoms with E-state index in [1.54, 1.807) is 10.4 Å². The molecule has 2 nitrogen and oxygen atoms in total. The smallest absolute Gasteiger partial charge is 0.0604 e. The van der Waals surface area contributed by atoms with Crippen LogP contribution in [0.4, 0.5) is 0 Å². The molecule has 0 amide bonds. The summed E-state index contributed by atoms with van der Waals surface area (Å²) in [5.41, 5.74) is 1.96. The van der Waals surface area contributed by atoms with Crippen LogP contribution in [0.15, 0.2) is 11.4 Å². The van der Waals surface area contributed by atoms with Crippen molar-refractivity contribution >= 4 is 11.3 Å². The molecule has 5 heterocycles. The van der Waals surface area contributed by atoms with E-state index in [-0.39, 0.29) is 0 Å². The second-order valence-corrected chi connectivity index (χ2v) is 6.46. The monoisotopic (exact) mass is 234 g/mol. The minimum absolute atomic E-state index is 0.323. The third kappa shape index (κ3) is 1.14. The van der Waals surface area contributed by atoms with Gasteiger partial charge in [0.05, 0.1) is 5.54 Å². The summed E-state index contributed by atoms with van der Waals surface area (Å²) >= 11 is 1.96. The summed E-state index contributed by atoms with van der Waals surface area (Å²) in [6.07, 6.45) is 4.02. The van der Waals surface area contributed by atoms with Gasteiger partial charge in [0.2, 0.25) is 0 Å². The molecule has 3 fully saturated rings. The normalized spacial score (nSPS) is 41.2. The zero-order chi connectivity index (χ0) is 10.6. The second-order valence-electron chi connectivity index (χ2n) is 5.46. The number of nitrogens with one attached hydrogen (secondary N) is 1. The fourth-order valence-electron chi connectivity index (χ4n) is 4.00. The molecule has 0 aliphatic carbocycles. The van der Waals surface area contributed by atoms with Gasteiger partial charge in [0.25, 0.3) is 0 Å². The highest BCUT2D eigenvalue weighted by Crippen LogP contribution is 2.46. The van der Waals surface area contributed by atoms with Gasteiger partial charge in [-0.1, -0.05) is 0 Å². The van der Waals surface area contributed by atoms with Crippen molar-refractivity contribution in [2.24, 2.45) is 5.92 Å². The lowest BCUT2D eigenvalue weighted by Gasteiger charge is -2.55. The number of fused-ring (bicyclic) bond motifs is 3. The molecule has 86 valence electrons. The molecule has 0 aromatic carbocycles. The first-order valence-electron chi connectivity index (χ1n) is 6.43. The van der Waals surface area contributed by atoms with E-state index in [9.17, 15) is 0 Å². The maximum Gasteiger partial charge on any atom is 0.0604 e. The van der Waals surface area contributed by atoms with E-state index in [0.717, 1.165) is 5.92 Å². The van der Waals surface area contributed by atoms with Crippen LogP contribution in [0.2, 0.25) is 0 Å². The third-order valence-corrected chi connectivity index (χ3v) is 5.76. The molecular formula is C13H18N2S. The molecule has 3 heteroatoms. The van der Waals surface area contributed by atoms with Crippen LogP contribution in [-0.4, -0.2) is 31.1 Å². The van der Waals surface area contributed by atoms with Crippen LogP contribution in [0, 0.1) is 5.92 Å². The fraction of sp³-hybridized carbons (Fsp3) is 0.692. The van der Waals surface area contributed by atoms with Gasteiger partial charge in [-0.3, -0.25) is 0 Å². The van der Waals surface area contributed by atoms with Gasteiger partial charge >= 0.3 is 0 Å². The molecule has 1 aromatic heterocycles. The van der Waals surface area contributed by atoms with Crippen molar-refractivity contribution in [2.75, 3.05) is 26.2 Å². The maximum absolute atomic E-state index is 3.87. The number of hydrogen-bond acceptors (Lipinski definition) is 3. The Hall–Kier alpha value is -0.380. The van der Waals surface area contributed by atoms with Crippen molar-refractivity contribution < 1.29 is 0 Å². The van der Waals surface area contributed by atoms with Crippen molar-refractivity contribution in [3.8, 4) is 0 Å². The Kier molecular flexibility index (Phi) is 1.99. The van der Waals surface area contributed by atoms with Crippen LogP contribution in [-0.2, 0) is 12.0 Å². The van der Waals surface area contributed by atoms with E-state index >= 15 is 0 Å². The average molecular weight is 234 g/mol. The first kappa shape index (κ1) is 9.63. The summed E-state index contributed by atoms with van der Waals surface area (Å²) in [5, 5.41) is 6.16. The van der Waals surface area contributed by atoms with Crippen LogP contribution in [0.25, 0.3) is 0 Å². The fourth-order valence-corrected chi connectivity index (χ4v) is 4.96. The Labute approximate surface area is 101 Å². The quantitative estimate of drug-likeness (QED) is 0.736. The molecule has 4 aliphatic heterocycles. The van der Waals surface area contributed by atoms with Gasteiger partial charge in [-0.25, -0.2) is 0 Å². The van der Waals surface area contributed by atoms with Crippen LogP contribution >= 0.6 is 11.3 Å². The minimum atomic E-state index is 0.323. The molecule has 1 atom stereocenters. The third-order valence-electron chi connectivity index (χ3n) is 4.78. The predicted octanol–water partition coefficient (Wildman–Crippen LogP) is 1.81. The number of thiophene rings is 1. The molecule has 4 aliphatic rings. The van der Waals surface area contributed by atoms with E-state index in [1.807, 2.05) is 11.3 Å². The summed E-state index contributed by atoms with van der Waals surface area (Å²) in [7, 11) is 0. The van der Waals surface area contributed by atoms with Gasteiger partial charge in [0, 0.05) is 18.0 Å². The number of hydrogen-bond donors (Lipinski definition) is 1. The highest BCUT2D eigenvalue weighted by atomic mass is 32.1. The van der Waals surface area contributed by atoms with Crippen LogP contribution in [0.1, 0.15) is 23.3 Å². The minimum Gasteiger partial charge on any atom is -0.306 e. The summed E-state index contributed by atoms with van der Waals surface area (Å²) in [4.78, 5) is 4.30. The maximum atomic E-state index is 3.87. The zero-order valence-corrected chi connectivity index (χ0v) is 10.4. The molecule has 16 heavy (non-hydrogen) atoms. The Bertz CT molecular complexity index is 406. The van der Waals surface area contributed by atoms with E-state index in [1.165, 1.54) is 45.4 Å². The standard InChI is InChI=1S/C13H18N2S/c1-5-14-13(11-4-8-16-12(1)11)9-15-6-2-10(13)3-7-15/h4,8,10,14H,1-3,5-7,9H2. The Morgan fingerprint density at radius 2 is 2.25 bits per heavy atom.